The Morgan fingerprint density at radius 2 is 2.24 bits per heavy atom. The summed E-state index contributed by atoms with van der Waals surface area (Å²) >= 11 is 1.47. The highest BCUT2D eigenvalue weighted by molar-refractivity contribution is 7.13. The van der Waals surface area contributed by atoms with Crippen molar-refractivity contribution in [3.05, 3.63) is 11.1 Å². The number of carbonyl (C=O) groups excluding carboxylic acids is 1. The van der Waals surface area contributed by atoms with Gasteiger partial charge in [0.1, 0.15) is 0 Å². The molecule has 21 heavy (non-hydrogen) atoms. The summed E-state index contributed by atoms with van der Waals surface area (Å²) in [7, 11) is 0. The number of urea groups is 1. The van der Waals surface area contributed by atoms with Gasteiger partial charge in [-0.3, -0.25) is 10.1 Å². The molecule has 2 N–H and O–H groups in total. The topological polar surface area (TPSA) is 82.5 Å². The fraction of sp³-hybridized carbons (Fsp3) is 0.643. The van der Waals surface area contributed by atoms with E-state index in [9.17, 15) is 9.59 Å². The maximum absolute atomic E-state index is 12.2. The zero-order chi connectivity index (χ0) is 14.8. The van der Waals surface area contributed by atoms with Crippen LogP contribution < -0.4 is 5.32 Å². The van der Waals surface area contributed by atoms with Gasteiger partial charge < -0.3 is 10.0 Å². The number of hydrogen-bond donors (Lipinski definition) is 2. The standard InChI is InChI=1S/C14H19N3O3S/c18-12(19)4-1-9-5-6-17(7-9)14(20)16-13-15-11(8-21-13)10-2-3-10/h8-10H,1-7H2,(H,18,19)(H,15,16,20). The van der Waals surface area contributed by atoms with Crippen molar-refractivity contribution >= 4 is 28.5 Å². The summed E-state index contributed by atoms with van der Waals surface area (Å²) in [5.41, 5.74) is 1.09. The minimum absolute atomic E-state index is 0.121. The third-order valence-electron chi connectivity index (χ3n) is 4.07. The number of aromatic nitrogens is 1. The molecule has 1 aliphatic heterocycles. The molecular formula is C14H19N3O3S. The van der Waals surface area contributed by atoms with Crippen molar-refractivity contribution in [2.75, 3.05) is 18.4 Å². The lowest BCUT2D eigenvalue weighted by molar-refractivity contribution is -0.137. The summed E-state index contributed by atoms with van der Waals surface area (Å²) in [5, 5.41) is 14.2. The zero-order valence-corrected chi connectivity index (χ0v) is 12.6. The van der Waals surface area contributed by atoms with Crippen molar-refractivity contribution in [1.29, 1.82) is 0 Å². The Kier molecular flexibility index (Phi) is 4.10. The molecule has 0 spiro atoms. The van der Waals surface area contributed by atoms with Gasteiger partial charge in [-0.25, -0.2) is 9.78 Å². The highest BCUT2D eigenvalue weighted by Gasteiger charge is 2.28. The fourth-order valence-electron chi connectivity index (χ4n) is 2.66. The van der Waals surface area contributed by atoms with Crippen LogP contribution in [0.2, 0.25) is 0 Å². The van der Waals surface area contributed by atoms with E-state index in [1.807, 2.05) is 5.38 Å². The van der Waals surface area contributed by atoms with Crippen LogP contribution in [0.3, 0.4) is 0 Å². The normalized spacial score (nSPS) is 21.5. The first-order chi connectivity index (χ1) is 10.1. The quantitative estimate of drug-likeness (QED) is 0.876. The van der Waals surface area contributed by atoms with Crippen LogP contribution in [0.15, 0.2) is 5.38 Å². The van der Waals surface area contributed by atoms with Crippen LogP contribution in [0.1, 0.15) is 43.7 Å². The number of rotatable bonds is 5. The number of amides is 2. The van der Waals surface area contributed by atoms with E-state index in [0.717, 1.165) is 12.1 Å². The molecule has 3 rings (SSSR count). The summed E-state index contributed by atoms with van der Waals surface area (Å²) in [4.78, 5) is 28.9. The average molecular weight is 309 g/mol. The molecule has 1 aromatic heterocycles. The van der Waals surface area contributed by atoms with Gasteiger partial charge in [0, 0.05) is 30.8 Å². The molecule has 2 heterocycles. The third-order valence-corrected chi connectivity index (χ3v) is 4.85. The van der Waals surface area contributed by atoms with Gasteiger partial charge in [-0.1, -0.05) is 0 Å². The predicted molar refractivity (Wildman–Crippen MR) is 79.7 cm³/mol. The number of carbonyl (C=O) groups is 2. The Hall–Kier alpha value is -1.63. The van der Waals surface area contributed by atoms with Crippen LogP contribution >= 0.6 is 11.3 Å². The number of aliphatic carboxylic acids is 1. The molecule has 2 amide bonds. The first-order valence-electron chi connectivity index (χ1n) is 7.35. The van der Waals surface area contributed by atoms with Crippen molar-refractivity contribution in [3.63, 3.8) is 0 Å². The van der Waals surface area contributed by atoms with E-state index in [1.165, 1.54) is 24.2 Å². The van der Waals surface area contributed by atoms with E-state index in [1.54, 1.807) is 4.90 Å². The number of hydrogen-bond acceptors (Lipinski definition) is 4. The Balaban J connectivity index is 1.47. The number of nitrogens with one attached hydrogen (secondary N) is 1. The summed E-state index contributed by atoms with van der Waals surface area (Å²) in [5.74, 6) is 0.123. The minimum atomic E-state index is -0.770. The van der Waals surface area contributed by atoms with Crippen molar-refractivity contribution in [1.82, 2.24) is 9.88 Å². The first-order valence-corrected chi connectivity index (χ1v) is 8.23. The van der Waals surface area contributed by atoms with Gasteiger partial charge in [0.25, 0.3) is 0 Å². The third kappa shape index (κ3) is 3.72. The molecule has 0 aromatic carbocycles. The molecule has 0 bridgehead atoms. The van der Waals surface area contributed by atoms with Crippen molar-refractivity contribution in [3.8, 4) is 0 Å². The molecule has 1 unspecified atom stereocenters. The van der Waals surface area contributed by atoms with Gasteiger partial charge in [-0.15, -0.1) is 11.3 Å². The molecular weight excluding hydrogens is 290 g/mol. The lowest BCUT2D eigenvalue weighted by Crippen LogP contribution is -2.33. The van der Waals surface area contributed by atoms with E-state index in [0.29, 0.717) is 36.5 Å². The highest BCUT2D eigenvalue weighted by atomic mass is 32.1. The smallest absolute Gasteiger partial charge is 0.323 e. The second kappa shape index (κ2) is 6.01. The van der Waals surface area contributed by atoms with Gasteiger partial charge in [0.2, 0.25) is 0 Å². The number of thiazole rings is 1. The molecule has 1 saturated heterocycles. The molecule has 1 saturated carbocycles. The molecule has 1 aromatic rings. The van der Waals surface area contributed by atoms with E-state index in [4.69, 9.17) is 5.11 Å². The average Bonchev–Trinajstić information content (AvgIpc) is 3.01. The predicted octanol–water partition coefficient (Wildman–Crippen LogP) is 2.74. The molecule has 6 nitrogen and oxygen atoms in total. The van der Waals surface area contributed by atoms with Crippen molar-refractivity contribution in [2.45, 2.75) is 38.0 Å². The Morgan fingerprint density at radius 1 is 1.43 bits per heavy atom. The lowest BCUT2D eigenvalue weighted by atomic mass is 10.0. The maximum atomic E-state index is 12.2. The second-order valence-electron chi connectivity index (χ2n) is 5.82. The van der Waals surface area contributed by atoms with Gasteiger partial charge in [0.05, 0.1) is 5.69 Å². The van der Waals surface area contributed by atoms with Crippen LogP contribution in [-0.2, 0) is 4.79 Å². The molecule has 1 aliphatic carbocycles. The SMILES string of the molecule is O=C(O)CCC1CCN(C(=O)Nc2nc(C3CC3)cs2)C1. The highest BCUT2D eigenvalue weighted by Crippen LogP contribution is 2.40. The summed E-state index contributed by atoms with van der Waals surface area (Å²) in [6, 6.07) is -0.121. The number of carboxylic acid groups (broad SMARTS) is 1. The van der Waals surface area contributed by atoms with Crippen LogP contribution in [0.25, 0.3) is 0 Å². The van der Waals surface area contributed by atoms with Gasteiger partial charge >= 0.3 is 12.0 Å². The van der Waals surface area contributed by atoms with Gasteiger partial charge in [0.15, 0.2) is 5.13 Å². The van der Waals surface area contributed by atoms with Crippen molar-refractivity contribution < 1.29 is 14.7 Å². The van der Waals surface area contributed by atoms with Crippen LogP contribution in [-0.4, -0.2) is 40.1 Å². The van der Waals surface area contributed by atoms with Gasteiger partial charge in [-0.2, -0.15) is 0 Å². The first kappa shape index (κ1) is 14.3. The number of nitrogens with zero attached hydrogens (tertiary/aromatic N) is 2. The van der Waals surface area contributed by atoms with Crippen LogP contribution in [0.4, 0.5) is 9.93 Å². The van der Waals surface area contributed by atoms with E-state index < -0.39 is 5.97 Å². The zero-order valence-electron chi connectivity index (χ0n) is 11.7. The van der Waals surface area contributed by atoms with E-state index in [2.05, 4.69) is 10.3 Å². The lowest BCUT2D eigenvalue weighted by Gasteiger charge is -2.16. The fourth-order valence-corrected chi connectivity index (χ4v) is 3.44. The van der Waals surface area contributed by atoms with Crippen LogP contribution in [0, 0.1) is 5.92 Å². The Bertz CT molecular complexity index is 541. The minimum Gasteiger partial charge on any atom is -0.481 e. The molecule has 2 aliphatic rings. The van der Waals surface area contributed by atoms with Gasteiger partial charge in [-0.05, 0) is 31.6 Å². The molecule has 1 atom stereocenters. The maximum Gasteiger partial charge on any atom is 0.323 e. The summed E-state index contributed by atoms with van der Waals surface area (Å²) < 4.78 is 0. The second-order valence-corrected chi connectivity index (χ2v) is 6.67. The summed E-state index contributed by atoms with van der Waals surface area (Å²) in [6.45, 7) is 1.33. The molecule has 114 valence electrons. The Morgan fingerprint density at radius 3 is 2.95 bits per heavy atom. The number of likely N-dealkylation sites (tertiary alicyclic amines) is 1. The summed E-state index contributed by atoms with van der Waals surface area (Å²) in [6.07, 6.45) is 4.11. The molecule has 0 radical (unpaired) electrons. The molecule has 2 fully saturated rings. The van der Waals surface area contributed by atoms with E-state index >= 15 is 0 Å². The van der Waals surface area contributed by atoms with E-state index in [-0.39, 0.29) is 12.5 Å². The molecule has 7 heteroatoms. The largest absolute Gasteiger partial charge is 0.481 e. The number of carboxylic acids is 1. The monoisotopic (exact) mass is 309 g/mol. The number of anilines is 1. The Labute approximate surface area is 127 Å². The van der Waals surface area contributed by atoms with Crippen LogP contribution in [0.5, 0.6) is 0 Å². The van der Waals surface area contributed by atoms with Crippen molar-refractivity contribution in [2.24, 2.45) is 5.92 Å².